The second kappa shape index (κ2) is 9.25. The zero-order valence-electron chi connectivity index (χ0n) is 13.0. The molecule has 0 aliphatic heterocycles. The second-order valence-electron chi connectivity index (χ2n) is 4.87. The van der Waals surface area contributed by atoms with Crippen molar-refractivity contribution in [2.75, 3.05) is 0 Å². The molecule has 0 atom stereocenters. The SMILES string of the molecule is Cc1cnc(-c2cc(F)[c-]c(F)c2)nc1.Oc1cc(F)c(F)c(F)c1.[Co]. The molecule has 9 heteroatoms. The summed E-state index contributed by atoms with van der Waals surface area (Å²) in [5.74, 6) is -6.19. The van der Waals surface area contributed by atoms with Gasteiger partial charge in [-0.15, -0.1) is 18.2 Å². The van der Waals surface area contributed by atoms with Crippen LogP contribution in [0.5, 0.6) is 5.75 Å². The van der Waals surface area contributed by atoms with E-state index in [0.29, 0.717) is 23.5 Å². The minimum Gasteiger partial charge on any atom is -0.508 e. The predicted octanol–water partition coefficient (Wildman–Crippen LogP) is 4.34. The van der Waals surface area contributed by atoms with Crippen molar-refractivity contribution in [1.29, 1.82) is 0 Å². The van der Waals surface area contributed by atoms with Gasteiger partial charge < -0.3 is 5.11 Å². The third kappa shape index (κ3) is 5.78. The third-order valence-electron chi connectivity index (χ3n) is 2.81. The molecule has 1 N–H and O–H groups in total. The molecule has 0 aliphatic rings. The van der Waals surface area contributed by atoms with E-state index in [-0.39, 0.29) is 16.8 Å². The number of nitrogens with zero attached hydrogens (tertiary/aromatic N) is 2. The Morgan fingerprint density at radius 1 is 0.846 bits per heavy atom. The molecule has 2 aromatic carbocycles. The van der Waals surface area contributed by atoms with E-state index in [4.69, 9.17) is 5.11 Å². The maximum Gasteiger partial charge on any atom is 0.194 e. The van der Waals surface area contributed by atoms with Crippen LogP contribution in [0.2, 0.25) is 0 Å². The second-order valence-corrected chi connectivity index (χ2v) is 4.87. The van der Waals surface area contributed by atoms with Crippen LogP contribution in [0.15, 0.2) is 36.7 Å². The van der Waals surface area contributed by atoms with Crippen LogP contribution in [-0.2, 0) is 16.8 Å². The van der Waals surface area contributed by atoms with E-state index in [2.05, 4.69) is 9.97 Å². The molecule has 0 spiro atoms. The maximum atomic E-state index is 12.8. The molecule has 3 aromatic rings. The topological polar surface area (TPSA) is 46.0 Å². The van der Waals surface area contributed by atoms with E-state index in [0.717, 1.165) is 17.7 Å². The Morgan fingerprint density at radius 3 is 1.77 bits per heavy atom. The summed E-state index contributed by atoms with van der Waals surface area (Å²) < 4.78 is 61.9. The summed E-state index contributed by atoms with van der Waals surface area (Å²) in [6.45, 7) is 1.84. The molecule has 0 saturated heterocycles. The van der Waals surface area contributed by atoms with Gasteiger partial charge in [-0.2, -0.15) is 0 Å². The standard InChI is InChI=1S/C11H7F2N2.C6H3F3O.Co/c1-7-5-14-11(15-6-7)8-2-9(12)4-10(13)3-8;7-4-1-3(10)2-5(8)6(4)9;/h2-3,5-6H,1H3;1-2,10H;/q-1;;. The first-order chi connectivity index (χ1) is 11.8. The summed E-state index contributed by atoms with van der Waals surface area (Å²) in [5.41, 5.74) is 1.20. The van der Waals surface area contributed by atoms with Crippen molar-refractivity contribution >= 4 is 0 Å². The molecule has 3 nitrogen and oxygen atoms in total. The number of rotatable bonds is 1. The van der Waals surface area contributed by atoms with Gasteiger partial charge in [0.2, 0.25) is 0 Å². The van der Waals surface area contributed by atoms with Crippen molar-refractivity contribution in [2.24, 2.45) is 0 Å². The summed E-state index contributed by atoms with van der Waals surface area (Å²) in [6.07, 6.45) is 3.18. The molecule has 0 amide bonds. The van der Waals surface area contributed by atoms with E-state index in [9.17, 15) is 22.0 Å². The fourth-order valence-corrected chi connectivity index (χ4v) is 1.71. The number of hydrogen-bond donors (Lipinski definition) is 1. The molecule has 1 heterocycles. The number of aromatic hydroxyl groups is 1. The number of aromatic nitrogens is 2. The van der Waals surface area contributed by atoms with Gasteiger partial charge in [-0.25, -0.2) is 31.9 Å². The van der Waals surface area contributed by atoms with Crippen LogP contribution in [-0.4, -0.2) is 15.1 Å². The van der Waals surface area contributed by atoms with Crippen molar-refractivity contribution < 1.29 is 43.8 Å². The average Bonchev–Trinajstić information content (AvgIpc) is 2.53. The minimum absolute atomic E-state index is 0. The maximum absolute atomic E-state index is 12.8. The van der Waals surface area contributed by atoms with Crippen molar-refractivity contribution in [3.8, 4) is 17.1 Å². The summed E-state index contributed by atoms with van der Waals surface area (Å²) in [4.78, 5) is 7.94. The Hall–Kier alpha value is -2.52. The van der Waals surface area contributed by atoms with E-state index in [1.165, 1.54) is 0 Å². The van der Waals surface area contributed by atoms with Crippen LogP contribution in [0.25, 0.3) is 11.4 Å². The molecule has 0 fully saturated rings. The van der Waals surface area contributed by atoms with Crippen LogP contribution in [0, 0.1) is 42.1 Å². The fourth-order valence-electron chi connectivity index (χ4n) is 1.71. The van der Waals surface area contributed by atoms with Gasteiger partial charge in [0.15, 0.2) is 17.5 Å². The van der Waals surface area contributed by atoms with Gasteiger partial charge >= 0.3 is 0 Å². The molecule has 0 saturated carbocycles. The average molecular weight is 412 g/mol. The quantitative estimate of drug-likeness (QED) is 0.368. The number of halogens is 5. The van der Waals surface area contributed by atoms with Crippen molar-refractivity contribution in [3.05, 3.63) is 77.4 Å². The van der Waals surface area contributed by atoms with Gasteiger partial charge in [-0.05, 0) is 12.5 Å². The molecule has 1 radical (unpaired) electrons. The first-order valence-electron chi connectivity index (χ1n) is 6.77. The van der Waals surface area contributed by atoms with Crippen molar-refractivity contribution in [1.82, 2.24) is 9.97 Å². The van der Waals surface area contributed by atoms with Gasteiger partial charge in [0.1, 0.15) is 11.6 Å². The van der Waals surface area contributed by atoms with Gasteiger partial charge in [0.25, 0.3) is 0 Å². The van der Waals surface area contributed by atoms with E-state index in [1.54, 1.807) is 12.4 Å². The van der Waals surface area contributed by atoms with E-state index >= 15 is 0 Å². The molecule has 0 aliphatic carbocycles. The Kier molecular flexibility index (Phi) is 7.66. The number of aryl methyl sites for hydroxylation is 1. The molecular weight excluding hydrogens is 402 g/mol. The van der Waals surface area contributed by atoms with Crippen LogP contribution in [0.3, 0.4) is 0 Å². The Bertz CT molecular complexity index is 848. The molecule has 26 heavy (non-hydrogen) atoms. The third-order valence-corrected chi connectivity index (χ3v) is 2.81. The van der Waals surface area contributed by atoms with Crippen molar-refractivity contribution in [2.45, 2.75) is 6.92 Å². The van der Waals surface area contributed by atoms with Crippen LogP contribution >= 0.6 is 0 Å². The monoisotopic (exact) mass is 412 g/mol. The summed E-state index contributed by atoms with van der Waals surface area (Å²) in [6, 6.07) is 5.19. The Labute approximate surface area is 155 Å². The molecule has 0 unspecified atom stereocenters. The van der Waals surface area contributed by atoms with Crippen LogP contribution < -0.4 is 0 Å². The smallest absolute Gasteiger partial charge is 0.194 e. The van der Waals surface area contributed by atoms with Crippen LogP contribution in [0.1, 0.15) is 5.56 Å². The summed E-state index contributed by atoms with van der Waals surface area (Å²) in [5, 5.41) is 8.47. The van der Waals surface area contributed by atoms with Crippen LogP contribution in [0.4, 0.5) is 22.0 Å². The normalized spacial score (nSPS) is 9.77. The van der Waals surface area contributed by atoms with Gasteiger partial charge in [0, 0.05) is 52.9 Å². The molecule has 3 rings (SSSR count). The fraction of sp³-hybridized carbons (Fsp3) is 0.0588. The predicted molar refractivity (Wildman–Crippen MR) is 78.9 cm³/mol. The number of hydrogen-bond acceptors (Lipinski definition) is 3. The molecule has 0 bridgehead atoms. The summed E-state index contributed by atoms with van der Waals surface area (Å²) >= 11 is 0. The van der Waals surface area contributed by atoms with Gasteiger partial charge in [0.05, 0.1) is 0 Å². The number of phenolic OH excluding ortho intramolecular Hbond substituents is 1. The zero-order chi connectivity index (χ0) is 18.6. The van der Waals surface area contributed by atoms with Gasteiger partial charge in [-0.1, -0.05) is 5.56 Å². The Balaban J connectivity index is 0.000000270. The van der Waals surface area contributed by atoms with Crippen molar-refractivity contribution in [3.63, 3.8) is 0 Å². The molecule has 139 valence electrons. The minimum atomic E-state index is -1.57. The van der Waals surface area contributed by atoms with Gasteiger partial charge in [-0.3, -0.25) is 0 Å². The zero-order valence-corrected chi connectivity index (χ0v) is 14.1. The molecular formula is C17H10CoF5N2O-. The molecule has 1 aromatic heterocycles. The van der Waals surface area contributed by atoms with E-state index < -0.39 is 34.8 Å². The first-order valence-corrected chi connectivity index (χ1v) is 6.77. The largest absolute Gasteiger partial charge is 0.508 e. The first kappa shape index (κ1) is 21.5. The number of benzene rings is 2. The summed E-state index contributed by atoms with van der Waals surface area (Å²) in [7, 11) is 0. The Morgan fingerprint density at radius 2 is 1.31 bits per heavy atom. The van der Waals surface area contributed by atoms with E-state index in [1.807, 2.05) is 13.0 Å². The number of phenols is 1.